The van der Waals surface area contributed by atoms with E-state index in [4.69, 9.17) is 0 Å². The monoisotopic (exact) mass is 919 g/mol. The first-order valence-electron chi connectivity index (χ1n) is 26.3. The van der Waals surface area contributed by atoms with Crippen molar-refractivity contribution in [2.24, 2.45) is 0 Å². The second-order valence-electron chi connectivity index (χ2n) is 25.5. The molecule has 0 spiro atoms. The molecule has 70 heavy (non-hydrogen) atoms. The molecule has 0 N–H and O–H groups in total. The molecule has 354 valence electrons. The van der Waals surface area contributed by atoms with Gasteiger partial charge in [-0.1, -0.05) is 150 Å². The fraction of sp³-hybridized carbons (Fsp3) is 0.369. The standard InChI is InChI=1S/C65H71BN4/c1-60(2,3)44-23-26-47(27-24-44)68-55-29-25-45(61(4,5)6)36-52(55)66-53-39-49-50(63(9,10)33-32-62(49,7)8)40-56(53)69(46-20-14-13-15-21-46)58-38-48(37-57(68)59(58)66)70-54-28-22-42(43-19-18-34-67-41-43)35-51(54)64(11)30-16-17-31-65(64,70)12/h13-15,18-29,34-41H,16-17,30-33H2,1-12H3. The zero-order valence-electron chi connectivity index (χ0n) is 43.9. The zero-order valence-corrected chi connectivity index (χ0v) is 43.9. The van der Waals surface area contributed by atoms with E-state index in [1.807, 2.05) is 12.4 Å². The number of benzene rings is 6. The Hall–Kier alpha value is -6.07. The van der Waals surface area contributed by atoms with Gasteiger partial charge in [-0.05, 0) is 176 Å². The SMILES string of the molecule is CC(C)(C)c1ccc(N2c3ccc(C(C)(C)C)cc3B3c4cc5c(cc4N(c4ccccc4)c4cc(N6c7ccc(-c8cccnc8)cc7C7(C)CCCCC67C)cc2c43)C(C)(C)CCC5(C)C)cc1. The molecule has 0 saturated heterocycles. The van der Waals surface area contributed by atoms with Crippen molar-refractivity contribution < 1.29 is 0 Å². The average Bonchev–Trinajstić information content (AvgIpc) is 3.54. The molecular formula is C65H71BN4. The van der Waals surface area contributed by atoms with Crippen molar-refractivity contribution in [3.05, 3.63) is 168 Å². The van der Waals surface area contributed by atoms with Crippen LogP contribution in [-0.2, 0) is 27.1 Å². The Morgan fingerprint density at radius 2 is 1.07 bits per heavy atom. The third kappa shape index (κ3) is 6.58. The lowest BCUT2D eigenvalue weighted by Crippen LogP contribution is -2.62. The lowest BCUT2D eigenvalue weighted by molar-refractivity contribution is 0.195. The summed E-state index contributed by atoms with van der Waals surface area (Å²) in [4.78, 5) is 12.7. The molecule has 5 aliphatic rings. The third-order valence-electron chi connectivity index (χ3n) is 18.3. The quantitative estimate of drug-likeness (QED) is 0.164. The summed E-state index contributed by atoms with van der Waals surface area (Å²) < 4.78 is 0. The first kappa shape index (κ1) is 45.1. The molecule has 12 rings (SSSR count). The molecule has 2 unspecified atom stereocenters. The van der Waals surface area contributed by atoms with Crippen LogP contribution in [0.2, 0.25) is 0 Å². The number of hydrogen-bond acceptors (Lipinski definition) is 4. The van der Waals surface area contributed by atoms with E-state index in [-0.39, 0.29) is 39.3 Å². The first-order chi connectivity index (χ1) is 33.2. The van der Waals surface area contributed by atoms with Gasteiger partial charge in [0.2, 0.25) is 0 Å². The molecule has 1 fully saturated rings. The minimum Gasteiger partial charge on any atom is -0.334 e. The van der Waals surface area contributed by atoms with E-state index >= 15 is 0 Å². The van der Waals surface area contributed by atoms with E-state index in [2.05, 4.69) is 230 Å². The Morgan fingerprint density at radius 3 is 1.73 bits per heavy atom. The van der Waals surface area contributed by atoms with Gasteiger partial charge in [0.05, 0.1) is 5.54 Å². The Labute approximate surface area is 419 Å². The molecule has 4 heterocycles. The molecule has 3 aliphatic heterocycles. The van der Waals surface area contributed by atoms with E-state index < -0.39 is 0 Å². The Balaban J connectivity index is 1.20. The third-order valence-corrected chi connectivity index (χ3v) is 18.3. The second-order valence-corrected chi connectivity index (χ2v) is 25.5. The van der Waals surface area contributed by atoms with E-state index in [1.165, 1.54) is 127 Å². The zero-order chi connectivity index (χ0) is 48.9. The highest BCUT2D eigenvalue weighted by molar-refractivity contribution is 7.00. The van der Waals surface area contributed by atoms with E-state index in [9.17, 15) is 0 Å². The van der Waals surface area contributed by atoms with Crippen LogP contribution in [0.4, 0.5) is 45.5 Å². The highest BCUT2D eigenvalue weighted by Gasteiger charge is 2.58. The van der Waals surface area contributed by atoms with Crippen molar-refractivity contribution in [3.63, 3.8) is 0 Å². The molecule has 4 nitrogen and oxygen atoms in total. The van der Waals surface area contributed by atoms with Crippen molar-refractivity contribution in [1.82, 2.24) is 4.98 Å². The summed E-state index contributed by atoms with van der Waals surface area (Å²) in [6.07, 6.45) is 10.9. The van der Waals surface area contributed by atoms with Crippen LogP contribution < -0.4 is 31.1 Å². The van der Waals surface area contributed by atoms with Crippen LogP contribution in [0.25, 0.3) is 11.1 Å². The lowest BCUT2D eigenvalue weighted by atomic mass is 9.33. The molecule has 2 aliphatic carbocycles. The van der Waals surface area contributed by atoms with Gasteiger partial charge in [0.15, 0.2) is 0 Å². The van der Waals surface area contributed by atoms with Gasteiger partial charge < -0.3 is 14.7 Å². The summed E-state index contributed by atoms with van der Waals surface area (Å²) in [5.74, 6) is 0. The summed E-state index contributed by atoms with van der Waals surface area (Å²) in [6.45, 7) is 29.2. The predicted octanol–water partition coefficient (Wildman–Crippen LogP) is 15.5. The average molecular weight is 919 g/mol. The van der Waals surface area contributed by atoms with Crippen LogP contribution in [0.15, 0.2) is 140 Å². The molecule has 7 aromatic rings. The largest absolute Gasteiger partial charge is 0.334 e. The molecular weight excluding hydrogens is 848 g/mol. The van der Waals surface area contributed by atoms with Crippen molar-refractivity contribution in [2.45, 2.75) is 154 Å². The van der Waals surface area contributed by atoms with Gasteiger partial charge in [0.25, 0.3) is 6.71 Å². The van der Waals surface area contributed by atoms with Gasteiger partial charge in [-0.2, -0.15) is 0 Å². The molecule has 0 radical (unpaired) electrons. The minimum absolute atomic E-state index is 0.0194. The summed E-state index contributed by atoms with van der Waals surface area (Å²) in [6, 6.07) is 50.3. The summed E-state index contributed by atoms with van der Waals surface area (Å²) in [5, 5.41) is 0. The second kappa shape index (κ2) is 15.2. The number of anilines is 8. The Kier molecular flexibility index (Phi) is 9.81. The van der Waals surface area contributed by atoms with Crippen LogP contribution in [0, 0.1) is 0 Å². The van der Waals surface area contributed by atoms with Crippen molar-refractivity contribution in [1.29, 1.82) is 0 Å². The normalized spacial score (nSPS) is 21.6. The highest BCUT2D eigenvalue weighted by Crippen LogP contribution is 2.62. The van der Waals surface area contributed by atoms with Crippen molar-refractivity contribution in [2.75, 3.05) is 14.7 Å². The van der Waals surface area contributed by atoms with E-state index in [1.54, 1.807) is 0 Å². The molecule has 0 amide bonds. The number of hydrogen-bond donors (Lipinski definition) is 0. The van der Waals surface area contributed by atoms with Crippen LogP contribution in [0.3, 0.4) is 0 Å². The van der Waals surface area contributed by atoms with Gasteiger partial charge in [-0.15, -0.1) is 0 Å². The number of pyridine rings is 1. The maximum atomic E-state index is 4.55. The van der Waals surface area contributed by atoms with Gasteiger partial charge in [0, 0.05) is 63.3 Å². The predicted molar refractivity (Wildman–Crippen MR) is 299 cm³/mol. The lowest BCUT2D eigenvalue weighted by Gasteiger charge is -2.51. The van der Waals surface area contributed by atoms with Crippen LogP contribution in [0.5, 0.6) is 0 Å². The van der Waals surface area contributed by atoms with E-state index in [0.29, 0.717) is 0 Å². The molecule has 1 saturated carbocycles. The molecule has 1 aromatic heterocycles. The number of nitrogens with zero attached hydrogens (tertiary/aromatic N) is 4. The first-order valence-corrected chi connectivity index (χ1v) is 26.3. The van der Waals surface area contributed by atoms with Crippen molar-refractivity contribution in [3.8, 4) is 11.1 Å². The smallest absolute Gasteiger partial charge is 0.252 e. The number of fused-ring (bicyclic) bond motifs is 8. The summed E-state index contributed by atoms with van der Waals surface area (Å²) in [5.41, 5.74) is 23.7. The van der Waals surface area contributed by atoms with Crippen molar-refractivity contribution >= 4 is 68.6 Å². The molecule has 6 aromatic carbocycles. The van der Waals surface area contributed by atoms with Gasteiger partial charge in [-0.3, -0.25) is 4.98 Å². The van der Waals surface area contributed by atoms with Crippen LogP contribution in [0.1, 0.15) is 149 Å². The number of aromatic nitrogens is 1. The molecule has 0 bridgehead atoms. The van der Waals surface area contributed by atoms with Gasteiger partial charge in [-0.25, -0.2) is 0 Å². The fourth-order valence-corrected chi connectivity index (χ4v) is 13.7. The van der Waals surface area contributed by atoms with E-state index in [0.717, 1.165) is 12.8 Å². The summed E-state index contributed by atoms with van der Waals surface area (Å²) in [7, 11) is 0. The topological polar surface area (TPSA) is 22.6 Å². The molecule has 2 atom stereocenters. The highest BCUT2D eigenvalue weighted by atomic mass is 15.3. The van der Waals surface area contributed by atoms with Gasteiger partial charge >= 0.3 is 0 Å². The van der Waals surface area contributed by atoms with Crippen LogP contribution in [-0.4, -0.2) is 17.2 Å². The van der Waals surface area contributed by atoms with Crippen LogP contribution >= 0.6 is 0 Å². The number of rotatable bonds is 4. The maximum Gasteiger partial charge on any atom is 0.252 e. The summed E-state index contributed by atoms with van der Waals surface area (Å²) >= 11 is 0. The minimum atomic E-state index is -0.159. The molecule has 5 heteroatoms. The maximum absolute atomic E-state index is 4.55. The number of para-hydroxylation sites is 1. The Morgan fingerprint density at radius 1 is 0.471 bits per heavy atom. The fourth-order valence-electron chi connectivity index (χ4n) is 13.7. The Bertz CT molecular complexity index is 3230. The van der Waals surface area contributed by atoms with Gasteiger partial charge in [0.1, 0.15) is 0 Å².